The van der Waals surface area contributed by atoms with E-state index in [0.717, 1.165) is 18.2 Å². The lowest BCUT2D eigenvalue weighted by atomic mass is 10.6. The maximum Gasteiger partial charge on any atom is 0.501 e. The van der Waals surface area contributed by atoms with Crippen molar-refractivity contribution in [2.24, 2.45) is 0 Å². The second kappa shape index (κ2) is 7.81. The van der Waals surface area contributed by atoms with Crippen molar-refractivity contribution in [1.82, 2.24) is 0 Å². The zero-order chi connectivity index (χ0) is 10.2. The first-order chi connectivity index (χ1) is 6.24. The van der Waals surface area contributed by atoms with Gasteiger partial charge in [-0.1, -0.05) is 20.3 Å². The van der Waals surface area contributed by atoms with Crippen molar-refractivity contribution in [3.8, 4) is 0 Å². The zero-order valence-electron chi connectivity index (χ0n) is 8.96. The van der Waals surface area contributed by atoms with E-state index < -0.39 is 8.80 Å². The summed E-state index contributed by atoms with van der Waals surface area (Å²) in [5.41, 5.74) is 0. The summed E-state index contributed by atoms with van der Waals surface area (Å²) < 4.78 is 16.4. The smallest absolute Gasteiger partial charge is 0.377 e. The molecule has 0 atom stereocenters. The van der Waals surface area contributed by atoms with E-state index in [1.54, 1.807) is 26.0 Å². The van der Waals surface area contributed by atoms with Crippen LogP contribution >= 0.6 is 11.8 Å². The van der Waals surface area contributed by atoms with Crippen molar-refractivity contribution in [3.63, 3.8) is 0 Å². The topological polar surface area (TPSA) is 27.7 Å². The highest BCUT2D eigenvalue weighted by Gasteiger charge is 2.37. The Balaban J connectivity index is 3.89. The van der Waals surface area contributed by atoms with E-state index in [2.05, 4.69) is 13.8 Å². The van der Waals surface area contributed by atoms with Gasteiger partial charge in [0.05, 0.1) is 5.94 Å². The average Bonchev–Trinajstić information content (AvgIpc) is 2.17. The Labute approximate surface area is 86.5 Å². The highest BCUT2D eigenvalue weighted by atomic mass is 32.2. The van der Waals surface area contributed by atoms with Gasteiger partial charge >= 0.3 is 8.80 Å². The Bertz CT molecular complexity index is 120. The molecule has 0 aliphatic heterocycles. The lowest BCUT2D eigenvalue weighted by molar-refractivity contribution is 0.117. The van der Waals surface area contributed by atoms with Crippen LogP contribution in [0.2, 0.25) is 6.04 Å². The molecule has 80 valence electrons. The molecule has 0 aliphatic carbocycles. The highest BCUT2D eigenvalue weighted by Crippen LogP contribution is 2.17. The molecule has 0 rings (SSSR count). The minimum Gasteiger partial charge on any atom is -0.377 e. The molecule has 0 spiro atoms. The number of rotatable bonds is 8. The van der Waals surface area contributed by atoms with Gasteiger partial charge < -0.3 is 13.3 Å². The molecule has 0 fully saturated rings. The molecule has 0 aromatic rings. The van der Waals surface area contributed by atoms with Crippen LogP contribution in [0.4, 0.5) is 0 Å². The maximum absolute atomic E-state index is 5.67. The third-order valence-corrected chi connectivity index (χ3v) is 5.59. The Morgan fingerprint density at radius 1 is 1.15 bits per heavy atom. The SMILES string of the molecule is CCC[Si](OC)(OC)OCSCC. The Morgan fingerprint density at radius 3 is 2.15 bits per heavy atom. The summed E-state index contributed by atoms with van der Waals surface area (Å²) in [6, 6.07) is 0.893. The molecule has 0 unspecified atom stereocenters. The van der Waals surface area contributed by atoms with Gasteiger partial charge in [0, 0.05) is 20.3 Å². The van der Waals surface area contributed by atoms with Crippen LogP contribution < -0.4 is 0 Å². The molecular weight excluding hydrogens is 204 g/mol. The van der Waals surface area contributed by atoms with Crippen LogP contribution in [0, 0.1) is 0 Å². The van der Waals surface area contributed by atoms with E-state index in [1.807, 2.05) is 0 Å². The van der Waals surface area contributed by atoms with Gasteiger partial charge in [-0.05, 0) is 5.75 Å². The summed E-state index contributed by atoms with van der Waals surface area (Å²) in [6.45, 7) is 4.22. The van der Waals surface area contributed by atoms with E-state index in [1.165, 1.54) is 0 Å². The van der Waals surface area contributed by atoms with Crippen molar-refractivity contribution in [3.05, 3.63) is 0 Å². The van der Waals surface area contributed by atoms with Crippen LogP contribution in [0.5, 0.6) is 0 Å². The van der Waals surface area contributed by atoms with Gasteiger partial charge in [0.25, 0.3) is 0 Å². The average molecular weight is 224 g/mol. The molecule has 0 bridgehead atoms. The standard InChI is InChI=1S/C8H20O3SSi/c1-5-7-13(9-3,10-4)11-8-12-6-2/h5-8H2,1-4H3. The van der Waals surface area contributed by atoms with Crippen molar-refractivity contribution >= 4 is 20.6 Å². The summed E-state index contributed by atoms with van der Waals surface area (Å²) in [5, 5.41) is 0. The normalized spacial score (nSPS) is 12.0. The highest BCUT2D eigenvalue weighted by molar-refractivity contribution is 7.99. The maximum atomic E-state index is 5.67. The molecule has 0 aromatic carbocycles. The predicted octanol–water partition coefficient (Wildman–Crippen LogP) is 2.36. The first kappa shape index (κ1) is 13.4. The van der Waals surface area contributed by atoms with E-state index in [9.17, 15) is 0 Å². The molecule has 0 saturated carbocycles. The van der Waals surface area contributed by atoms with Crippen molar-refractivity contribution < 1.29 is 13.3 Å². The Hall–Kier alpha value is 0.447. The lowest BCUT2D eigenvalue weighted by Gasteiger charge is -2.25. The molecule has 0 radical (unpaired) electrons. The van der Waals surface area contributed by atoms with Gasteiger partial charge in [-0.25, -0.2) is 0 Å². The van der Waals surface area contributed by atoms with Crippen LogP contribution in [-0.2, 0) is 13.3 Å². The van der Waals surface area contributed by atoms with Crippen LogP contribution in [0.1, 0.15) is 20.3 Å². The van der Waals surface area contributed by atoms with Gasteiger partial charge in [0.2, 0.25) is 0 Å². The van der Waals surface area contributed by atoms with Gasteiger partial charge in [0.1, 0.15) is 0 Å². The van der Waals surface area contributed by atoms with E-state index in [-0.39, 0.29) is 0 Å². The van der Waals surface area contributed by atoms with Gasteiger partial charge in [0.15, 0.2) is 0 Å². The largest absolute Gasteiger partial charge is 0.501 e. The first-order valence-electron chi connectivity index (χ1n) is 4.56. The number of hydrogen-bond acceptors (Lipinski definition) is 4. The van der Waals surface area contributed by atoms with Gasteiger partial charge in [-0.3, -0.25) is 0 Å². The number of hydrogen-bond donors (Lipinski definition) is 0. The summed E-state index contributed by atoms with van der Waals surface area (Å²) in [6.07, 6.45) is 1.03. The fourth-order valence-electron chi connectivity index (χ4n) is 0.998. The molecule has 0 amide bonds. The lowest BCUT2D eigenvalue weighted by Crippen LogP contribution is -2.43. The summed E-state index contributed by atoms with van der Waals surface area (Å²) in [4.78, 5) is 0. The van der Waals surface area contributed by atoms with E-state index >= 15 is 0 Å². The van der Waals surface area contributed by atoms with Crippen LogP contribution in [0.3, 0.4) is 0 Å². The monoisotopic (exact) mass is 224 g/mol. The zero-order valence-corrected chi connectivity index (χ0v) is 10.8. The van der Waals surface area contributed by atoms with Crippen LogP contribution in [-0.4, -0.2) is 34.7 Å². The fraction of sp³-hybridized carbons (Fsp3) is 1.00. The molecule has 0 aliphatic rings. The molecule has 0 heterocycles. The Morgan fingerprint density at radius 2 is 1.77 bits per heavy atom. The minimum atomic E-state index is -2.30. The second-order valence-corrected chi connectivity index (χ2v) is 6.79. The van der Waals surface area contributed by atoms with Crippen LogP contribution in [0.15, 0.2) is 0 Å². The van der Waals surface area contributed by atoms with Crippen molar-refractivity contribution in [2.45, 2.75) is 26.3 Å². The second-order valence-electron chi connectivity index (χ2n) is 2.60. The number of thioether (sulfide) groups is 1. The van der Waals surface area contributed by atoms with Crippen molar-refractivity contribution in [2.75, 3.05) is 25.9 Å². The fourth-order valence-corrected chi connectivity index (χ4v) is 3.78. The molecule has 5 heteroatoms. The molecule has 0 saturated heterocycles. The summed E-state index contributed by atoms with van der Waals surface area (Å²) in [7, 11) is 1.04. The molecule has 13 heavy (non-hydrogen) atoms. The van der Waals surface area contributed by atoms with Crippen LogP contribution in [0.25, 0.3) is 0 Å². The third kappa shape index (κ3) is 5.02. The molecule has 0 N–H and O–H groups in total. The molecular formula is C8H20O3SSi. The third-order valence-electron chi connectivity index (χ3n) is 1.74. The first-order valence-corrected chi connectivity index (χ1v) is 7.65. The van der Waals surface area contributed by atoms with Gasteiger partial charge in [-0.15, -0.1) is 11.8 Å². The Kier molecular flexibility index (Phi) is 8.08. The minimum absolute atomic E-state index is 0.671. The quantitative estimate of drug-likeness (QED) is 0.359. The summed E-state index contributed by atoms with van der Waals surface area (Å²) >= 11 is 1.74. The summed E-state index contributed by atoms with van der Waals surface area (Å²) in [5.74, 6) is 1.73. The molecule has 3 nitrogen and oxygen atoms in total. The molecule has 0 aromatic heterocycles. The van der Waals surface area contributed by atoms with Gasteiger partial charge in [-0.2, -0.15) is 0 Å². The van der Waals surface area contributed by atoms with E-state index in [4.69, 9.17) is 13.3 Å². The predicted molar refractivity (Wildman–Crippen MR) is 59.0 cm³/mol. The van der Waals surface area contributed by atoms with E-state index in [0.29, 0.717) is 5.94 Å². The van der Waals surface area contributed by atoms with Crippen molar-refractivity contribution in [1.29, 1.82) is 0 Å².